The Morgan fingerprint density at radius 3 is 3.23 bits per heavy atom. The molecule has 0 N–H and O–H groups in total. The molecule has 2 aromatic heterocycles. The minimum Gasteiger partial charge on any atom is -0.266 e. The van der Waals surface area contributed by atoms with E-state index in [1.807, 2.05) is 0 Å². The Kier molecular flexibility index (Phi) is 0.950. The fourth-order valence-electron chi connectivity index (χ4n) is 1.15. The first-order chi connectivity index (χ1) is 6.36. The number of nitrogens with zero attached hydrogens (tertiary/aromatic N) is 6. The predicted octanol–water partition coefficient (Wildman–Crippen LogP) is -0.961. The first-order valence-corrected chi connectivity index (χ1v) is 3.51. The van der Waals surface area contributed by atoms with Gasteiger partial charge in [0.05, 0.1) is 6.20 Å². The van der Waals surface area contributed by atoms with Crippen molar-refractivity contribution in [3.05, 3.63) is 21.9 Å². The largest absolute Gasteiger partial charge is 0.287 e. The van der Waals surface area contributed by atoms with Crippen molar-refractivity contribution in [1.29, 1.82) is 0 Å². The molecule has 0 saturated carbocycles. The van der Waals surface area contributed by atoms with Crippen LogP contribution >= 0.6 is 0 Å². The normalized spacial score (nSPS) is 13.2. The third kappa shape index (κ3) is 0.675. The number of azo groups is 1. The van der Waals surface area contributed by atoms with E-state index in [4.69, 9.17) is 0 Å². The molecule has 13 heavy (non-hydrogen) atoms. The first kappa shape index (κ1) is 6.35. The molecule has 3 heterocycles. The fourth-order valence-corrected chi connectivity index (χ4v) is 1.15. The molecular weight excluding hydrogens is 172 g/mol. The SMILES string of the molecule is O=c1c2c(nc3ncnn13)N=NC=2. The van der Waals surface area contributed by atoms with Gasteiger partial charge in [-0.05, 0) is 0 Å². The smallest absolute Gasteiger partial charge is 0.266 e. The van der Waals surface area contributed by atoms with E-state index in [9.17, 15) is 4.79 Å². The monoisotopic (exact) mass is 174 g/mol. The van der Waals surface area contributed by atoms with Crippen LogP contribution in [0, 0.1) is 0 Å². The Bertz CT molecular complexity index is 626. The van der Waals surface area contributed by atoms with Gasteiger partial charge < -0.3 is 0 Å². The van der Waals surface area contributed by atoms with Crippen molar-refractivity contribution in [3.63, 3.8) is 0 Å². The van der Waals surface area contributed by atoms with Gasteiger partial charge >= 0.3 is 0 Å². The standard InChI is InChI=1S/C6H2N6O/c13-5-3-1-8-11-4(3)10-6-7-2-9-12(5)6/h1-2H. The molecule has 0 saturated heterocycles. The van der Waals surface area contributed by atoms with Gasteiger partial charge in [-0.1, -0.05) is 0 Å². The molecule has 2 aromatic rings. The highest BCUT2D eigenvalue weighted by atomic mass is 16.1. The molecule has 0 aromatic carbocycles. The molecule has 0 fully saturated rings. The molecule has 1 aliphatic heterocycles. The summed E-state index contributed by atoms with van der Waals surface area (Å²) in [7, 11) is 0. The maximum Gasteiger partial charge on any atom is 0.287 e. The molecule has 0 atom stereocenters. The number of hydrogen-bond acceptors (Lipinski definition) is 6. The predicted molar refractivity (Wildman–Crippen MR) is 41.3 cm³/mol. The average molecular weight is 174 g/mol. The Hall–Kier alpha value is -2.18. The molecule has 0 amide bonds. The summed E-state index contributed by atoms with van der Waals surface area (Å²) in [5.74, 6) is 0.559. The van der Waals surface area contributed by atoms with Crippen LogP contribution in [0.25, 0.3) is 12.0 Å². The summed E-state index contributed by atoms with van der Waals surface area (Å²) in [6.07, 6.45) is 2.64. The number of fused-ring (bicyclic) bond motifs is 2. The van der Waals surface area contributed by atoms with Crippen molar-refractivity contribution < 1.29 is 0 Å². The van der Waals surface area contributed by atoms with Crippen molar-refractivity contribution in [2.24, 2.45) is 10.2 Å². The Morgan fingerprint density at radius 2 is 2.31 bits per heavy atom. The molecule has 7 heteroatoms. The highest BCUT2D eigenvalue weighted by Gasteiger charge is 2.10. The second-order valence-corrected chi connectivity index (χ2v) is 2.47. The van der Waals surface area contributed by atoms with Gasteiger partial charge in [-0.2, -0.15) is 24.7 Å². The average Bonchev–Trinajstić information content (AvgIpc) is 2.71. The van der Waals surface area contributed by atoms with E-state index in [1.165, 1.54) is 12.5 Å². The third-order valence-corrected chi connectivity index (χ3v) is 1.74. The van der Waals surface area contributed by atoms with Crippen LogP contribution in [0.2, 0.25) is 0 Å². The number of hydrogen-bond donors (Lipinski definition) is 0. The lowest BCUT2D eigenvalue weighted by molar-refractivity contribution is 0.889. The van der Waals surface area contributed by atoms with E-state index >= 15 is 0 Å². The van der Waals surface area contributed by atoms with Crippen molar-refractivity contribution >= 4 is 17.8 Å². The molecule has 0 spiro atoms. The summed E-state index contributed by atoms with van der Waals surface area (Å²) < 4.78 is 1.12. The molecule has 1 aliphatic rings. The molecule has 0 bridgehead atoms. The second kappa shape index (κ2) is 1.94. The lowest BCUT2D eigenvalue weighted by Gasteiger charge is -1.88. The van der Waals surface area contributed by atoms with Crippen LogP contribution in [0.15, 0.2) is 21.4 Å². The van der Waals surface area contributed by atoms with Crippen LogP contribution in [0.1, 0.15) is 0 Å². The van der Waals surface area contributed by atoms with Gasteiger partial charge in [0, 0.05) is 0 Å². The summed E-state index contributed by atoms with van der Waals surface area (Å²) in [4.78, 5) is 19.3. The van der Waals surface area contributed by atoms with E-state index in [-0.39, 0.29) is 11.3 Å². The first-order valence-electron chi connectivity index (χ1n) is 3.51. The van der Waals surface area contributed by atoms with E-state index in [2.05, 4.69) is 25.3 Å². The molecular formula is C6H2N6O. The highest BCUT2D eigenvalue weighted by Crippen LogP contribution is 2.04. The molecule has 62 valence electrons. The van der Waals surface area contributed by atoms with Gasteiger partial charge in [0.25, 0.3) is 11.3 Å². The summed E-state index contributed by atoms with van der Waals surface area (Å²) in [5, 5.41) is 11.3. The van der Waals surface area contributed by atoms with E-state index < -0.39 is 0 Å². The topological polar surface area (TPSA) is 84.9 Å². The van der Waals surface area contributed by atoms with Crippen LogP contribution < -0.4 is 10.8 Å². The van der Waals surface area contributed by atoms with E-state index in [0.717, 1.165) is 4.52 Å². The van der Waals surface area contributed by atoms with Gasteiger partial charge in [-0.3, -0.25) is 4.79 Å². The zero-order chi connectivity index (χ0) is 8.84. The Balaban J connectivity index is 2.70. The van der Waals surface area contributed by atoms with Crippen LogP contribution in [0.4, 0.5) is 5.82 Å². The summed E-state index contributed by atoms with van der Waals surface area (Å²) >= 11 is 0. The van der Waals surface area contributed by atoms with Crippen LogP contribution in [0.3, 0.4) is 0 Å². The zero-order valence-corrected chi connectivity index (χ0v) is 6.25. The van der Waals surface area contributed by atoms with Gasteiger partial charge in [0.2, 0.25) is 0 Å². The molecule has 0 aliphatic carbocycles. The zero-order valence-electron chi connectivity index (χ0n) is 6.25. The molecule has 0 unspecified atom stereocenters. The van der Waals surface area contributed by atoms with Gasteiger partial charge in [0.1, 0.15) is 11.5 Å². The minimum absolute atomic E-state index is 0.248. The lowest BCUT2D eigenvalue weighted by Crippen LogP contribution is -2.31. The highest BCUT2D eigenvalue weighted by molar-refractivity contribution is 5.44. The Morgan fingerprint density at radius 1 is 1.38 bits per heavy atom. The molecule has 0 radical (unpaired) electrons. The van der Waals surface area contributed by atoms with Crippen molar-refractivity contribution in [1.82, 2.24) is 19.6 Å². The van der Waals surface area contributed by atoms with Crippen molar-refractivity contribution in [2.45, 2.75) is 0 Å². The summed E-state index contributed by atoms with van der Waals surface area (Å²) in [6, 6.07) is 0. The second-order valence-electron chi connectivity index (χ2n) is 2.47. The van der Waals surface area contributed by atoms with Gasteiger partial charge in [-0.25, -0.2) is 0 Å². The van der Waals surface area contributed by atoms with Crippen molar-refractivity contribution in [3.8, 4) is 0 Å². The van der Waals surface area contributed by atoms with Crippen LogP contribution in [-0.2, 0) is 0 Å². The Labute approximate surface area is 70.5 Å². The number of rotatable bonds is 0. The lowest BCUT2D eigenvalue weighted by atomic mass is 10.5. The van der Waals surface area contributed by atoms with Crippen LogP contribution in [0.5, 0.6) is 0 Å². The van der Waals surface area contributed by atoms with Gasteiger partial charge in [0.15, 0.2) is 5.82 Å². The van der Waals surface area contributed by atoms with Crippen LogP contribution in [-0.4, -0.2) is 19.6 Å². The quantitative estimate of drug-likeness (QED) is 0.514. The minimum atomic E-state index is -0.289. The molecule has 3 rings (SSSR count). The van der Waals surface area contributed by atoms with Crippen molar-refractivity contribution in [2.75, 3.05) is 0 Å². The summed E-state index contributed by atoms with van der Waals surface area (Å²) in [5.41, 5.74) is -0.289. The molecule has 7 nitrogen and oxygen atoms in total. The number of aromatic nitrogens is 4. The van der Waals surface area contributed by atoms with Gasteiger partial charge in [-0.15, -0.1) is 5.11 Å². The fraction of sp³-hybridized carbons (Fsp3) is 0. The maximum absolute atomic E-state index is 11.6. The maximum atomic E-state index is 11.6. The van der Waals surface area contributed by atoms with E-state index in [1.54, 1.807) is 0 Å². The third-order valence-electron chi connectivity index (χ3n) is 1.74. The van der Waals surface area contributed by atoms with E-state index in [0.29, 0.717) is 11.0 Å². The summed E-state index contributed by atoms with van der Waals surface area (Å²) in [6.45, 7) is 0.